The lowest BCUT2D eigenvalue weighted by molar-refractivity contribution is 0.0917. The largest absolute Gasteiger partial charge is 0.350 e. The Kier molecular flexibility index (Phi) is 5.59. The summed E-state index contributed by atoms with van der Waals surface area (Å²) in [5.74, 6) is 0.0209. The minimum atomic E-state index is -0.438. The van der Waals surface area contributed by atoms with Crippen molar-refractivity contribution in [3.63, 3.8) is 0 Å². The molecule has 1 aromatic rings. The molecule has 1 aliphatic heterocycles. The normalized spacial score (nSPS) is 21.0. The van der Waals surface area contributed by atoms with Gasteiger partial charge in [-0.3, -0.25) is 9.69 Å². The van der Waals surface area contributed by atoms with Crippen LogP contribution in [0.1, 0.15) is 37.0 Å². The van der Waals surface area contributed by atoms with Crippen molar-refractivity contribution < 1.29 is 9.18 Å². The number of carbonyl (C=O) groups excluding carboxylic acids is 1. The fourth-order valence-corrected chi connectivity index (χ4v) is 3.02. The van der Waals surface area contributed by atoms with Crippen LogP contribution >= 0.6 is 11.6 Å². The summed E-state index contributed by atoms with van der Waals surface area (Å²) >= 11 is 5.90. The first-order valence-electron chi connectivity index (χ1n) is 7.44. The number of nitrogens with zero attached hydrogens (tertiary/aromatic N) is 1. The molecule has 1 aliphatic rings. The molecule has 2 rings (SSSR count). The van der Waals surface area contributed by atoms with Crippen molar-refractivity contribution in [2.45, 2.75) is 32.7 Å². The van der Waals surface area contributed by atoms with E-state index in [0.29, 0.717) is 18.0 Å². The van der Waals surface area contributed by atoms with Crippen LogP contribution in [0.2, 0.25) is 5.02 Å². The highest BCUT2D eigenvalue weighted by Gasteiger charge is 2.21. The van der Waals surface area contributed by atoms with Gasteiger partial charge in [-0.25, -0.2) is 4.39 Å². The zero-order valence-electron chi connectivity index (χ0n) is 12.5. The first-order chi connectivity index (χ1) is 9.97. The molecule has 1 heterocycles. The topological polar surface area (TPSA) is 32.3 Å². The molecule has 5 heteroatoms. The fraction of sp³-hybridized carbons (Fsp3) is 0.562. The molecule has 1 fully saturated rings. The summed E-state index contributed by atoms with van der Waals surface area (Å²) in [6.07, 6.45) is 2.49. The maximum Gasteiger partial charge on any atom is 0.252 e. The molecule has 0 aliphatic carbocycles. The lowest BCUT2D eigenvalue weighted by atomic mass is 9.99. The molecule has 0 aromatic heterocycles. The van der Waals surface area contributed by atoms with Crippen molar-refractivity contribution in [3.8, 4) is 0 Å². The van der Waals surface area contributed by atoms with Crippen LogP contribution in [0, 0.1) is 11.7 Å². The van der Waals surface area contributed by atoms with E-state index in [4.69, 9.17) is 11.6 Å². The minimum absolute atomic E-state index is 0.145. The summed E-state index contributed by atoms with van der Waals surface area (Å²) in [6.45, 7) is 7.10. The third-order valence-electron chi connectivity index (χ3n) is 4.05. The van der Waals surface area contributed by atoms with E-state index in [1.807, 2.05) is 0 Å². The van der Waals surface area contributed by atoms with E-state index >= 15 is 0 Å². The fourth-order valence-electron chi connectivity index (χ4n) is 2.76. The molecule has 1 aromatic carbocycles. The maximum absolute atomic E-state index is 13.0. The van der Waals surface area contributed by atoms with Gasteiger partial charge in [0.1, 0.15) is 5.82 Å². The number of benzene rings is 1. The number of carbonyl (C=O) groups is 1. The minimum Gasteiger partial charge on any atom is -0.350 e. The van der Waals surface area contributed by atoms with E-state index in [9.17, 15) is 9.18 Å². The van der Waals surface area contributed by atoms with Crippen LogP contribution in [0.5, 0.6) is 0 Å². The van der Waals surface area contributed by atoms with Crippen LogP contribution in [0.3, 0.4) is 0 Å². The van der Waals surface area contributed by atoms with Gasteiger partial charge in [0.2, 0.25) is 0 Å². The van der Waals surface area contributed by atoms with E-state index in [2.05, 4.69) is 24.1 Å². The van der Waals surface area contributed by atoms with Gasteiger partial charge in [-0.05, 0) is 50.4 Å². The Hall–Kier alpha value is -1.13. The Bertz CT molecular complexity index is 509. The maximum atomic E-state index is 13.0. The molecule has 2 atom stereocenters. The molecule has 1 saturated heterocycles. The average molecular weight is 313 g/mol. The summed E-state index contributed by atoms with van der Waals surface area (Å²) in [6, 6.07) is 4.11. The first-order valence-corrected chi connectivity index (χ1v) is 7.82. The van der Waals surface area contributed by atoms with Crippen LogP contribution in [-0.2, 0) is 0 Å². The lowest BCUT2D eigenvalue weighted by Gasteiger charge is -2.35. The van der Waals surface area contributed by atoms with Crippen molar-refractivity contribution in [3.05, 3.63) is 34.6 Å². The van der Waals surface area contributed by atoms with Gasteiger partial charge in [0.15, 0.2) is 0 Å². The molecule has 0 spiro atoms. The zero-order valence-corrected chi connectivity index (χ0v) is 13.3. The predicted octanol–water partition coefficient (Wildman–Crippen LogP) is 3.33. The summed E-state index contributed by atoms with van der Waals surface area (Å²) < 4.78 is 13.0. The SMILES string of the molecule is C[C@H]1CCCN([C@@H](C)CNC(=O)c2ccc(F)cc2Cl)C1. The molecular formula is C16H22ClFN2O. The van der Waals surface area contributed by atoms with Crippen molar-refractivity contribution in [1.29, 1.82) is 0 Å². The van der Waals surface area contributed by atoms with E-state index < -0.39 is 5.82 Å². The zero-order chi connectivity index (χ0) is 15.4. The molecule has 1 amide bonds. The molecule has 0 bridgehead atoms. The number of rotatable bonds is 4. The van der Waals surface area contributed by atoms with Crippen LogP contribution in [0.15, 0.2) is 18.2 Å². The van der Waals surface area contributed by atoms with Crippen molar-refractivity contribution in [2.24, 2.45) is 5.92 Å². The van der Waals surface area contributed by atoms with Crippen molar-refractivity contribution in [2.75, 3.05) is 19.6 Å². The van der Waals surface area contributed by atoms with Gasteiger partial charge in [0, 0.05) is 19.1 Å². The van der Waals surface area contributed by atoms with Gasteiger partial charge in [0.25, 0.3) is 5.91 Å². The highest BCUT2D eigenvalue weighted by atomic mass is 35.5. The number of likely N-dealkylation sites (tertiary alicyclic amines) is 1. The third kappa shape index (κ3) is 4.42. The second-order valence-corrected chi connectivity index (χ2v) is 6.33. The standard InChI is InChI=1S/C16H22ClFN2O/c1-11-4-3-7-20(10-11)12(2)9-19-16(21)14-6-5-13(18)8-15(14)17/h5-6,8,11-12H,3-4,7,9-10H2,1-2H3,(H,19,21)/t11-,12-/m0/s1. The molecule has 21 heavy (non-hydrogen) atoms. The van der Waals surface area contributed by atoms with Crippen LogP contribution in [-0.4, -0.2) is 36.5 Å². The van der Waals surface area contributed by atoms with E-state index in [1.54, 1.807) is 0 Å². The van der Waals surface area contributed by atoms with Gasteiger partial charge in [-0.2, -0.15) is 0 Å². The lowest BCUT2D eigenvalue weighted by Crippen LogP contribution is -2.46. The highest BCUT2D eigenvalue weighted by Crippen LogP contribution is 2.18. The number of halogens is 2. The molecule has 1 N–H and O–H groups in total. The van der Waals surface area contributed by atoms with Crippen molar-refractivity contribution in [1.82, 2.24) is 10.2 Å². The van der Waals surface area contributed by atoms with Crippen LogP contribution in [0.4, 0.5) is 4.39 Å². The Morgan fingerprint density at radius 2 is 2.33 bits per heavy atom. The van der Waals surface area contributed by atoms with E-state index in [1.165, 1.54) is 25.0 Å². The number of amides is 1. The summed E-state index contributed by atoms with van der Waals surface area (Å²) in [5.41, 5.74) is 0.317. The first kappa shape index (κ1) is 16.2. The summed E-state index contributed by atoms with van der Waals surface area (Å²) in [5, 5.41) is 3.03. The Morgan fingerprint density at radius 1 is 1.57 bits per heavy atom. The third-order valence-corrected chi connectivity index (χ3v) is 4.36. The van der Waals surface area contributed by atoms with Gasteiger partial charge < -0.3 is 5.32 Å². The summed E-state index contributed by atoms with van der Waals surface area (Å²) in [4.78, 5) is 14.5. The van der Waals surface area contributed by atoms with E-state index in [-0.39, 0.29) is 17.0 Å². The van der Waals surface area contributed by atoms with E-state index in [0.717, 1.165) is 19.2 Å². The van der Waals surface area contributed by atoms with Gasteiger partial charge in [-0.1, -0.05) is 18.5 Å². The number of nitrogens with one attached hydrogen (secondary N) is 1. The number of hydrogen-bond donors (Lipinski definition) is 1. The smallest absolute Gasteiger partial charge is 0.252 e. The average Bonchev–Trinajstić information content (AvgIpc) is 2.44. The predicted molar refractivity (Wildman–Crippen MR) is 83.2 cm³/mol. The molecule has 0 saturated carbocycles. The molecular weight excluding hydrogens is 291 g/mol. The quantitative estimate of drug-likeness (QED) is 0.925. The van der Waals surface area contributed by atoms with Crippen LogP contribution < -0.4 is 5.32 Å². The van der Waals surface area contributed by atoms with Gasteiger partial charge >= 0.3 is 0 Å². The number of hydrogen-bond acceptors (Lipinski definition) is 2. The molecule has 3 nitrogen and oxygen atoms in total. The highest BCUT2D eigenvalue weighted by molar-refractivity contribution is 6.33. The second-order valence-electron chi connectivity index (χ2n) is 5.93. The Morgan fingerprint density at radius 3 is 3.00 bits per heavy atom. The van der Waals surface area contributed by atoms with Crippen LogP contribution in [0.25, 0.3) is 0 Å². The Labute approximate surface area is 130 Å². The molecule has 0 unspecified atom stereocenters. The van der Waals surface area contributed by atoms with Gasteiger partial charge in [0.05, 0.1) is 10.6 Å². The second kappa shape index (κ2) is 7.23. The molecule has 116 valence electrons. The monoisotopic (exact) mass is 312 g/mol. The summed E-state index contributed by atoms with van der Waals surface area (Å²) in [7, 11) is 0. The molecule has 0 radical (unpaired) electrons. The van der Waals surface area contributed by atoms with Crippen molar-refractivity contribution >= 4 is 17.5 Å². The van der Waals surface area contributed by atoms with Gasteiger partial charge in [-0.15, -0.1) is 0 Å². The Balaban J connectivity index is 1.88. The number of piperidine rings is 1.